The van der Waals surface area contributed by atoms with Crippen LogP contribution >= 0.6 is 0 Å². The van der Waals surface area contributed by atoms with Crippen molar-refractivity contribution < 1.29 is 18.0 Å². The number of nitrogens with one attached hydrogen (secondary N) is 3. The number of fused-ring (bicyclic) bond motifs is 1. The number of carbonyl (C=O) groups is 1. The van der Waals surface area contributed by atoms with Gasteiger partial charge in [0.15, 0.2) is 0 Å². The average Bonchev–Trinajstić information content (AvgIpc) is 3.44. The summed E-state index contributed by atoms with van der Waals surface area (Å²) in [7, 11) is 1.81. The van der Waals surface area contributed by atoms with Gasteiger partial charge in [0.25, 0.3) is 5.91 Å². The van der Waals surface area contributed by atoms with Crippen LogP contribution in [0.15, 0.2) is 24.8 Å². The minimum atomic E-state index is -4.65. The number of aromatic nitrogens is 5. The normalized spacial score (nSPS) is 20.7. The largest absolute Gasteiger partial charge is 0.419 e. The molecule has 0 radical (unpaired) electrons. The van der Waals surface area contributed by atoms with Crippen molar-refractivity contribution in [2.75, 3.05) is 18.4 Å². The fourth-order valence-electron chi connectivity index (χ4n) is 5.29. The smallest absolute Gasteiger partial charge is 0.356 e. The van der Waals surface area contributed by atoms with Crippen LogP contribution in [0, 0.1) is 0 Å². The van der Waals surface area contributed by atoms with Gasteiger partial charge in [0.1, 0.15) is 11.3 Å². The first-order chi connectivity index (χ1) is 17.9. The summed E-state index contributed by atoms with van der Waals surface area (Å²) in [6, 6.07) is -0.233. The molecule has 0 saturated carbocycles. The van der Waals surface area contributed by atoms with E-state index in [0.717, 1.165) is 24.6 Å². The van der Waals surface area contributed by atoms with Crippen LogP contribution in [0.25, 0.3) is 11.3 Å². The van der Waals surface area contributed by atoms with Crippen LogP contribution in [0.5, 0.6) is 0 Å². The number of H-pyrrole nitrogens is 1. The predicted molar refractivity (Wildman–Crippen MR) is 137 cm³/mol. The molecule has 38 heavy (non-hydrogen) atoms. The number of anilines is 1. The zero-order valence-corrected chi connectivity index (χ0v) is 22.0. The molecule has 204 valence electrons. The molecule has 0 bridgehead atoms. The van der Waals surface area contributed by atoms with Crippen LogP contribution in [-0.2, 0) is 19.6 Å². The van der Waals surface area contributed by atoms with Crippen LogP contribution < -0.4 is 10.6 Å². The summed E-state index contributed by atoms with van der Waals surface area (Å²) in [5, 5.41) is 10.8. The first-order valence-corrected chi connectivity index (χ1v) is 12.9. The van der Waals surface area contributed by atoms with Gasteiger partial charge in [0.2, 0.25) is 5.95 Å². The number of halogens is 3. The quantitative estimate of drug-likeness (QED) is 0.454. The Kier molecular flexibility index (Phi) is 6.70. The highest BCUT2D eigenvalue weighted by atomic mass is 19.4. The van der Waals surface area contributed by atoms with Crippen LogP contribution in [0.1, 0.15) is 73.3 Å². The molecule has 3 aromatic rings. The Labute approximate surface area is 219 Å². The number of alkyl halides is 3. The summed E-state index contributed by atoms with van der Waals surface area (Å²) < 4.78 is 43.9. The van der Waals surface area contributed by atoms with Crippen molar-refractivity contribution in [1.82, 2.24) is 34.9 Å². The molecule has 1 fully saturated rings. The van der Waals surface area contributed by atoms with Crippen molar-refractivity contribution >= 4 is 11.9 Å². The van der Waals surface area contributed by atoms with E-state index in [1.165, 1.54) is 6.20 Å². The Morgan fingerprint density at radius 3 is 2.71 bits per heavy atom. The van der Waals surface area contributed by atoms with E-state index in [4.69, 9.17) is 0 Å². The number of rotatable bonds is 5. The van der Waals surface area contributed by atoms with E-state index >= 15 is 0 Å². The molecule has 5 heterocycles. The molecule has 0 aliphatic carbocycles. The number of aromatic amines is 1. The van der Waals surface area contributed by atoms with E-state index in [0.29, 0.717) is 37.2 Å². The Morgan fingerprint density at radius 1 is 1.26 bits per heavy atom. The summed E-state index contributed by atoms with van der Waals surface area (Å²) in [5.41, 5.74) is 0.887. The first-order valence-electron chi connectivity index (χ1n) is 12.9. The van der Waals surface area contributed by atoms with Gasteiger partial charge in [-0.1, -0.05) is 0 Å². The third-order valence-corrected chi connectivity index (χ3v) is 7.59. The summed E-state index contributed by atoms with van der Waals surface area (Å²) in [4.78, 5) is 26.6. The number of aryl methyl sites for hydroxylation is 1. The van der Waals surface area contributed by atoms with E-state index in [2.05, 4.69) is 44.5 Å². The fraction of sp³-hybridized carbons (Fsp3) is 0.538. The van der Waals surface area contributed by atoms with Gasteiger partial charge in [-0.25, -0.2) is 9.97 Å². The summed E-state index contributed by atoms with van der Waals surface area (Å²) in [6.45, 7) is 7.30. The molecule has 3 N–H and O–H groups in total. The molecule has 2 aliphatic heterocycles. The molecule has 1 saturated heterocycles. The standard InChI is InChI=1S/C26H33F3N8O/c1-15(16-10-33-36(4)14-16)37-9-5-6-18-19(12-30-22(18)23(37)38)21-20(26(27,28)29)13-31-24(35-21)34-17-7-8-25(2,3)32-11-17/h10,12-15,17,30,32H,5-9,11H2,1-4H3,(H,31,34,35). The van der Waals surface area contributed by atoms with Crippen LogP contribution in [0.3, 0.4) is 0 Å². The van der Waals surface area contributed by atoms with Crippen LogP contribution in [0.2, 0.25) is 0 Å². The maximum Gasteiger partial charge on any atom is 0.419 e. The van der Waals surface area contributed by atoms with Gasteiger partial charge in [0.05, 0.1) is 17.9 Å². The Bertz CT molecular complexity index is 1320. The maximum absolute atomic E-state index is 14.1. The van der Waals surface area contributed by atoms with E-state index in [1.54, 1.807) is 15.8 Å². The van der Waals surface area contributed by atoms with Crippen molar-refractivity contribution in [3.63, 3.8) is 0 Å². The summed E-state index contributed by atoms with van der Waals surface area (Å²) in [6.07, 6.45) is 4.04. The van der Waals surface area contributed by atoms with E-state index in [1.807, 2.05) is 20.2 Å². The van der Waals surface area contributed by atoms with Crippen molar-refractivity contribution in [3.8, 4) is 11.3 Å². The number of piperidine rings is 1. The Morgan fingerprint density at radius 2 is 2.05 bits per heavy atom. The number of hydrogen-bond acceptors (Lipinski definition) is 6. The van der Waals surface area contributed by atoms with Crippen molar-refractivity contribution in [2.24, 2.45) is 7.05 Å². The SMILES string of the molecule is CC(c1cnn(C)c1)N1CCCc2c(-c3nc(NC4CCC(C)(C)NC4)ncc3C(F)(F)F)c[nH]c2C1=O. The highest BCUT2D eigenvalue weighted by Gasteiger charge is 2.38. The van der Waals surface area contributed by atoms with E-state index in [-0.39, 0.29) is 40.7 Å². The summed E-state index contributed by atoms with van der Waals surface area (Å²) in [5.74, 6) is -0.113. The molecule has 2 atom stereocenters. The molecule has 3 aromatic heterocycles. The first kappa shape index (κ1) is 26.2. The number of amides is 1. The third-order valence-electron chi connectivity index (χ3n) is 7.59. The van der Waals surface area contributed by atoms with E-state index in [9.17, 15) is 18.0 Å². The Balaban J connectivity index is 1.47. The van der Waals surface area contributed by atoms with Crippen molar-refractivity contribution in [2.45, 2.75) is 70.3 Å². The number of carbonyl (C=O) groups excluding carboxylic acids is 1. The van der Waals surface area contributed by atoms with Gasteiger partial charge in [-0.3, -0.25) is 9.48 Å². The highest BCUT2D eigenvalue weighted by molar-refractivity contribution is 5.97. The second-order valence-corrected chi connectivity index (χ2v) is 10.9. The number of nitrogens with zero attached hydrogens (tertiary/aromatic N) is 5. The zero-order chi connectivity index (χ0) is 27.2. The van der Waals surface area contributed by atoms with Gasteiger partial charge in [-0.15, -0.1) is 0 Å². The zero-order valence-electron chi connectivity index (χ0n) is 22.0. The topological polar surface area (TPSA) is 104 Å². The third kappa shape index (κ3) is 5.13. The molecule has 1 amide bonds. The molecule has 0 aromatic carbocycles. The predicted octanol–water partition coefficient (Wildman–Crippen LogP) is 4.32. The van der Waals surface area contributed by atoms with Crippen LogP contribution in [-0.4, -0.2) is 60.2 Å². The fourth-order valence-corrected chi connectivity index (χ4v) is 5.29. The van der Waals surface area contributed by atoms with Gasteiger partial charge < -0.3 is 20.5 Å². The van der Waals surface area contributed by atoms with E-state index < -0.39 is 11.7 Å². The molecule has 2 unspecified atom stereocenters. The van der Waals surface area contributed by atoms with Gasteiger partial charge in [-0.2, -0.15) is 18.3 Å². The molecule has 0 spiro atoms. The minimum Gasteiger partial charge on any atom is -0.356 e. The highest BCUT2D eigenvalue weighted by Crippen LogP contribution is 2.39. The molecule has 12 heteroatoms. The second kappa shape index (κ2) is 9.72. The van der Waals surface area contributed by atoms with Crippen molar-refractivity contribution in [1.29, 1.82) is 0 Å². The molecular weight excluding hydrogens is 497 g/mol. The summed E-state index contributed by atoms with van der Waals surface area (Å²) >= 11 is 0. The molecular formula is C26H33F3N8O. The minimum absolute atomic E-state index is 0.0000476. The lowest BCUT2D eigenvalue weighted by Gasteiger charge is -2.36. The van der Waals surface area contributed by atoms with Gasteiger partial charge in [0, 0.05) is 61.4 Å². The van der Waals surface area contributed by atoms with Crippen molar-refractivity contribution in [3.05, 3.63) is 47.2 Å². The lowest BCUT2D eigenvalue weighted by atomic mass is 9.91. The maximum atomic E-state index is 14.1. The Hall–Kier alpha value is -3.41. The molecule has 5 rings (SSSR count). The van der Waals surface area contributed by atoms with Gasteiger partial charge in [-0.05, 0) is 52.0 Å². The monoisotopic (exact) mass is 530 g/mol. The average molecular weight is 531 g/mol. The lowest BCUT2D eigenvalue weighted by Crippen LogP contribution is -2.50. The second-order valence-electron chi connectivity index (χ2n) is 10.9. The molecule has 2 aliphatic rings. The van der Waals surface area contributed by atoms with Crippen LogP contribution in [0.4, 0.5) is 19.1 Å². The number of hydrogen-bond donors (Lipinski definition) is 3. The lowest BCUT2D eigenvalue weighted by molar-refractivity contribution is -0.137. The van der Waals surface area contributed by atoms with Gasteiger partial charge >= 0.3 is 6.18 Å². The molecule has 9 nitrogen and oxygen atoms in total.